The molecular formula is C19H12F7NO4S. The molecule has 0 unspecified atom stereocenters. The second-order valence-corrected chi connectivity index (χ2v) is 8.66. The van der Waals surface area contributed by atoms with Crippen LogP contribution in [0.1, 0.15) is 11.3 Å². The monoisotopic (exact) mass is 483 g/mol. The molecule has 5 nitrogen and oxygen atoms in total. The molecule has 3 aromatic rings. The lowest BCUT2D eigenvalue weighted by atomic mass is 9.97. The van der Waals surface area contributed by atoms with Gasteiger partial charge in [-0.25, -0.2) is 12.8 Å². The van der Waals surface area contributed by atoms with Crippen molar-refractivity contribution in [2.75, 3.05) is 6.26 Å². The molecule has 0 bridgehead atoms. The van der Waals surface area contributed by atoms with E-state index in [-0.39, 0.29) is 11.1 Å². The maximum absolute atomic E-state index is 14.3. The van der Waals surface area contributed by atoms with Crippen LogP contribution >= 0.6 is 0 Å². The van der Waals surface area contributed by atoms with E-state index in [0.29, 0.717) is 6.07 Å². The Bertz CT molecular complexity index is 1280. The summed E-state index contributed by atoms with van der Waals surface area (Å²) in [5.41, 5.74) is -1.68. The molecule has 0 spiro atoms. The van der Waals surface area contributed by atoms with Crippen molar-refractivity contribution in [3.05, 3.63) is 53.5 Å². The Balaban J connectivity index is 2.20. The molecule has 0 aliphatic heterocycles. The zero-order valence-electron chi connectivity index (χ0n) is 16.1. The number of alkyl halides is 6. The normalized spacial score (nSPS) is 12.8. The van der Waals surface area contributed by atoms with Crippen LogP contribution in [0, 0.1) is 12.7 Å². The van der Waals surface area contributed by atoms with Gasteiger partial charge in [0.2, 0.25) is 5.76 Å². The number of benzene rings is 2. The number of sulfone groups is 1. The number of ether oxygens (including phenoxy) is 1. The fourth-order valence-corrected chi connectivity index (χ4v) is 3.67. The van der Waals surface area contributed by atoms with Crippen LogP contribution in [0.4, 0.5) is 30.7 Å². The Hall–Kier alpha value is -3.09. The van der Waals surface area contributed by atoms with Gasteiger partial charge in [-0.1, -0.05) is 11.2 Å². The van der Waals surface area contributed by atoms with E-state index in [1.54, 1.807) is 0 Å². The first-order valence-electron chi connectivity index (χ1n) is 8.51. The van der Waals surface area contributed by atoms with E-state index in [9.17, 15) is 39.2 Å². The van der Waals surface area contributed by atoms with Crippen LogP contribution in [0.3, 0.4) is 0 Å². The molecule has 32 heavy (non-hydrogen) atoms. The summed E-state index contributed by atoms with van der Waals surface area (Å²) in [4.78, 5) is -0.725. The van der Waals surface area contributed by atoms with E-state index < -0.39 is 61.4 Å². The summed E-state index contributed by atoms with van der Waals surface area (Å²) in [6.07, 6.45) is -9.31. The first-order chi connectivity index (χ1) is 14.6. The van der Waals surface area contributed by atoms with E-state index in [0.717, 1.165) is 36.6 Å². The first kappa shape index (κ1) is 23.6. The van der Waals surface area contributed by atoms with Crippen LogP contribution in [0.5, 0.6) is 5.75 Å². The predicted octanol–water partition coefficient (Wildman–Crippen LogP) is 5.78. The average Bonchev–Trinajstić information content (AvgIpc) is 3.06. The van der Waals surface area contributed by atoms with Crippen molar-refractivity contribution in [1.82, 2.24) is 5.16 Å². The molecule has 13 heteroatoms. The molecule has 0 aliphatic carbocycles. The van der Waals surface area contributed by atoms with Crippen molar-refractivity contribution in [2.45, 2.75) is 24.4 Å². The second kappa shape index (κ2) is 7.80. The molecule has 1 aromatic heterocycles. The first-order valence-corrected chi connectivity index (χ1v) is 10.4. The highest BCUT2D eigenvalue weighted by Crippen LogP contribution is 2.43. The Morgan fingerprint density at radius 3 is 2.09 bits per heavy atom. The summed E-state index contributed by atoms with van der Waals surface area (Å²) in [5, 5.41) is 3.38. The van der Waals surface area contributed by atoms with Crippen LogP contribution in [-0.2, 0) is 16.0 Å². The van der Waals surface area contributed by atoms with Crippen molar-refractivity contribution in [1.29, 1.82) is 0 Å². The Morgan fingerprint density at radius 2 is 1.59 bits per heavy atom. The molecule has 2 aromatic carbocycles. The van der Waals surface area contributed by atoms with Crippen LogP contribution in [0.25, 0.3) is 22.4 Å². The van der Waals surface area contributed by atoms with Gasteiger partial charge in [0.15, 0.2) is 9.84 Å². The molecule has 172 valence electrons. The minimum Gasteiger partial charge on any atom is -0.406 e. The van der Waals surface area contributed by atoms with Crippen molar-refractivity contribution in [2.24, 2.45) is 0 Å². The second-order valence-electron chi connectivity index (χ2n) is 6.68. The zero-order valence-corrected chi connectivity index (χ0v) is 16.9. The van der Waals surface area contributed by atoms with Gasteiger partial charge in [-0.05, 0) is 48.4 Å². The molecule has 0 atom stereocenters. The standard InChI is InChI=1S/C19H12F7NO4S/c1-9-7-11(3-5-13(9)30-19(24,25)26)16-15(17(31-27-16)18(21,22)23)10-4-6-14(12(20)8-10)32(2,28)29/h3-8H,1-2H3. The number of nitrogens with zero attached hydrogens (tertiary/aromatic N) is 1. The van der Waals surface area contributed by atoms with Crippen molar-refractivity contribution in [3.63, 3.8) is 0 Å². The summed E-state index contributed by atoms with van der Waals surface area (Å²) >= 11 is 0. The van der Waals surface area contributed by atoms with E-state index in [1.165, 1.54) is 6.92 Å². The molecule has 0 radical (unpaired) electrons. The highest BCUT2D eigenvalue weighted by molar-refractivity contribution is 7.90. The van der Waals surface area contributed by atoms with Gasteiger partial charge in [-0.15, -0.1) is 13.2 Å². The van der Waals surface area contributed by atoms with Gasteiger partial charge in [-0.2, -0.15) is 13.2 Å². The quantitative estimate of drug-likeness (QED) is 0.441. The highest BCUT2D eigenvalue weighted by Gasteiger charge is 2.41. The van der Waals surface area contributed by atoms with Gasteiger partial charge in [0.05, 0.1) is 5.56 Å². The van der Waals surface area contributed by atoms with E-state index >= 15 is 0 Å². The number of hydrogen-bond donors (Lipinski definition) is 0. The molecular weight excluding hydrogens is 471 g/mol. The minimum atomic E-state index is -5.05. The lowest BCUT2D eigenvalue weighted by Crippen LogP contribution is -2.17. The lowest BCUT2D eigenvalue weighted by molar-refractivity contribution is -0.274. The minimum absolute atomic E-state index is 0.0686. The Labute approximate surface area is 176 Å². The van der Waals surface area contributed by atoms with Crippen LogP contribution in [0.15, 0.2) is 45.8 Å². The maximum Gasteiger partial charge on any atom is 0.573 e. The average molecular weight is 483 g/mol. The molecule has 0 saturated carbocycles. The number of hydrogen-bond acceptors (Lipinski definition) is 5. The van der Waals surface area contributed by atoms with E-state index in [4.69, 9.17) is 0 Å². The zero-order chi connectivity index (χ0) is 24.1. The molecule has 1 heterocycles. The highest BCUT2D eigenvalue weighted by atomic mass is 32.2. The molecule has 0 amide bonds. The summed E-state index contributed by atoms with van der Waals surface area (Å²) in [5.74, 6) is -3.46. The SMILES string of the molecule is Cc1cc(-c2noc(C(F)(F)F)c2-c2ccc(S(C)(=O)=O)c(F)c2)ccc1OC(F)(F)F. The molecule has 0 saturated heterocycles. The van der Waals surface area contributed by atoms with Gasteiger partial charge in [0.1, 0.15) is 22.2 Å². The summed E-state index contributed by atoms with van der Waals surface area (Å²) in [6, 6.07) is 5.31. The van der Waals surface area contributed by atoms with Crippen LogP contribution in [-0.4, -0.2) is 26.2 Å². The lowest BCUT2D eigenvalue weighted by Gasteiger charge is -2.13. The van der Waals surface area contributed by atoms with Gasteiger partial charge >= 0.3 is 12.5 Å². The predicted molar refractivity (Wildman–Crippen MR) is 96.9 cm³/mol. The van der Waals surface area contributed by atoms with Crippen LogP contribution in [0.2, 0.25) is 0 Å². The van der Waals surface area contributed by atoms with Crippen LogP contribution < -0.4 is 4.74 Å². The Morgan fingerprint density at radius 1 is 0.969 bits per heavy atom. The molecule has 3 rings (SSSR count). The number of halogens is 7. The fraction of sp³-hybridized carbons (Fsp3) is 0.211. The van der Waals surface area contributed by atoms with Gasteiger partial charge in [0, 0.05) is 11.8 Å². The third-order valence-corrected chi connectivity index (χ3v) is 5.37. The number of rotatable bonds is 4. The molecule has 0 N–H and O–H groups in total. The topological polar surface area (TPSA) is 69.4 Å². The third kappa shape index (κ3) is 4.87. The van der Waals surface area contributed by atoms with E-state index in [2.05, 4.69) is 14.4 Å². The van der Waals surface area contributed by atoms with Crippen molar-refractivity contribution >= 4 is 9.84 Å². The van der Waals surface area contributed by atoms with E-state index in [1.807, 2.05) is 0 Å². The summed E-state index contributed by atoms with van der Waals surface area (Å²) in [7, 11) is -3.99. The fourth-order valence-electron chi connectivity index (χ4n) is 2.94. The van der Waals surface area contributed by atoms with Crippen molar-refractivity contribution < 1.29 is 48.4 Å². The molecule has 0 aliphatic rings. The third-order valence-electron chi connectivity index (χ3n) is 4.24. The Kier molecular flexibility index (Phi) is 5.74. The maximum atomic E-state index is 14.3. The van der Waals surface area contributed by atoms with Gasteiger partial charge in [-0.3, -0.25) is 0 Å². The smallest absolute Gasteiger partial charge is 0.406 e. The van der Waals surface area contributed by atoms with Gasteiger partial charge in [0.25, 0.3) is 0 Å². The summed E-state index contributed by atoms with van der Waals surface area (Å²) < 4.78 is 124. The number of aryl methyl sites for hydroxylation is 1. The van der Waals surface area contributed by atoms with Gasteiger partial charge < -0.3 is 9.26 Å². The number of aromatic nitrogens is 1. The molecule has 0 fully saturated rings. The summed E-state index contributed by atoms with van der Waals surface area (Å²) in [6.45, 7) is 1.23. The largest absolute Gasteiger partial charge is 0.573 e. The van der Waals surface area contributed by atoms with Crippen molar-refractivity contribution in [3.8, 4) is 28.1 Å².